The van der Waals surface area contributed by atoms with Gasteiger partial charge in [-0.25, -0.2) is 0 Å². The summed E-state index contributed by atoms with van der Waals surface area (Å²) < 4.78 is 0. The van der Waals surface area contributed by atoms with Gasteiger partial charge < -0.3 is 0 Å². The maximum atomic E-state index is 3.61. The smallest absolute Gasteiger partial charge is 0.0195 e. The molecule has 0 N–H and O–H groups in total. The minimum absolute atomic E-state index is 0.771. The van der Waals surface area contributed by atoms with Gasteiger partial charge in [-0.3, -0.25) is 4.90 Å². The minimum atomic E-state index is 0.771. The maximum absolute atomic E-state index is 3.61. The van der Waals surface area contributed by atoms with Gasteiger partial charge in [0.2, 0.25) is 0 Å². The van der Waals surface area contributed by atoms with E-state index in [1.54, 1.807) is 0 Å². The van der Waals surface area contributed by atoms with Crippen LogP contribution < -0.4 is 0 Å². The van der Waals surface area contributed by atoms with Gasteiger partial charge >= 0.3 is 0 Å². The minimum Gasteiger partial charge on any atom is -0.297 e. The fraction of sp³-hybridized carbons (Fsp3) is 1.00. The maximum Gasteiger partial charge on any atom is 0.0195 e. The van der Waals surface area contributed by atoms with E-state index < -0.39 is 0 Å². The van der Waals surface area contributed by atoms with E-state index >= 15 is 0 Å². The molecule has 1 saturated heterocycles. The lowest BCUT2D eigenvalue weighted by molar-refractivity contribution is 0.115. The van der Waals surface area contributed by atoms with E-state index in [9.17, 15) is 0 Å². The molecule has 1 heterocycles. The third-order valence-corrected chi connectivity index (χ3v) is 3.76. The Morgan fingerprint density at radius 1 is 1.50 bits per heavy atom. The lowest BCUT2D eigenvalue weighted by Crippen LogP contribution is -2.45. The number of nitrogens with zero attached hydrogens (tertiary/aromatic N) is 1. The predicted octanol–water partition coefficient (Wildman–Crippen LogP) is 3.03. The fourth-order valence-corrected chi connectivity index (χ4v) is 2.70. The van der Waals surface area contributed by atoms with Crippen LogP contribution >= 0.6 is 15.9 Å². The largest absolute Gasteiger partial charge is 0.297 e. The summed E-state index contributed by atoms with van der Waals surface area (Å²) in [6, 6.07) is 1.57. The summed E-state index contributed by atoms with van der Waals surface area (Å²) in [6.07, 6.45) is 5.48. The fourth-order valence-electron chi connectivity index (χ4n) is 2.00. The van der Waals surface area contributed by atoms with Crippen LogP contribution in [0.1, 0.15) is 39.5 Å². The van der Waals surface area contributed by atoms with Crippen LogP contribution in [0, 0.1) is 0 Å². The zero-order chi connectivity index (χ0) is 8.97. The molecule has 1 fully saturated rings. The van der Waals surface area contributed by atoms with Crippen molar-refractivity contribution in [2.24, 2.45) is 0 Å². The van der Waals surface area contributed by atoms with Gasteiger partial charge in [-0.1, -0.05) is 29.3 Å². The van der Waals surface area contributed by atoms with Crippen molar-refractivity contribution < 1.29 is 0 Å². The molecule has 12 heavy (non-hydrogen) atoms. The Morgan fingerprint density at radius 3 is 2.83 bits per heavy atom. The summed E-state index contributed by atoms with van der Waals surface area (Å²) in [4.78, 5) is 2.66. The molecule has 0 aliphatic carbocycles. The van der Waals surface area contributed by atoms with Crippen molar-refractivity contribution in [3.05, 3.63) is 0 Å². The van der Waals surface area contributed by atoms with Crippen molar-refractivity contribution in [3.8, 4) is 0 Å². The van der Waals surface area contributed by atoms with Crippen LogP contribution in [0.3, 0.4) is 0 Å². The Hall–Kier alpha value is 0.440. The van der Waals surface area contributed by atoms with E-state index in [1.807, 2.05) is 0 Å². The second-order valence-corrected chi connectivity index (χ2v) is 4.45. The van der Waals surface area contributed by atoms with Crippen LogP contribution in [0.4, 0.5) is 0 Å². The van der Waals surface area contributed by atoms with Crippen LogP contribution in [0.25, 0.3) is 0 Å². The summed E-state index contributed by atoms with van der Waals surface area (Å²) in [5, 5.41) is 1.15. The number of hydrogen-bond donors (Lipinski definition) is 0. The molecular weight excluding hydrogens is 214 g/mol. The average Bonchev–Trinajstić information content (AvgIpc) is 2.16. The normalized spacial score (nSPS) is 28.8. The van der Waals surface area contributed by atoms with E-state index in [4.69, 9.17) is 0 Å². The van der Waals surface area contributed by atoms with E-state index in [1.165, 1.54) is 32.2 Å². The molecule has 1 rings (SSSR count). The van der Waals surface area contributed by atoms with Gasteiger partial charge in [-0.05, 0) is 32.7 Å². The van der Waals surface area contributed by atoms with Gasteiger partial charge in [0.05, 0.1) is 0 Å². The number of hydrogen-bond acceptors (Lipinski definition) is 1. The SMILES string of the molecule is CCC(C)N1CCCCC1CBr. The molecule has 1 aliphatic heterocycles. The predicted molar refractivity (Wildman–Crippen MR) is 57.9 cm³/mol. The summed E-state index contributed by atoms with van der Waals surface area (Å²) >= 11 is 3.61. The molecule has 2 unspecified atom stereocenters. The standard InChI is InChI=1S/C10H20BrN/c1-3-9(2)12-7-5-4-6-10(12)8-11/h9-10H,3-8H2,1-2H3. The molecule has 2 atom stereocenters. The topological polar surface area (TPSA) is 3.24 Å². The quantitative estimate of drug-likeness (QED) is 0.678. The highest BCUT2D eigenvalue weighted by molar-refractivity contribution is 9.09. The highest BCUT2D eigenvalue weighted by atomic mass is 79.9. The van der Waals surface area contributed by atoms with E-state index in [-0.39, 0.29) is 0 Å². The molecule has 1 nitrogen and oxygen atoms in total. The first kappa shape index (κ1) is 10.5. The first-order valence-corrected chi connectivity index (χ1v) is 6.23. The van der Waals surface area contributed by atoms with Crippen molar-refractivity contribution in [1.82, 2.24) is 4.90 Å². The van der Waals surface area contributed by atoms with Crippen molar-refractivity contribution in [2.75, 3.05) is 11.9 Å². The van der Waals surface area contributed by atoms with Crippen molar-refractivity contribution in [1.29, 1.82) is 0 Å². The second kappa shape index (κ2) is 5.23. The molecule has 0 aromatic rings. The van der Waals surface area contributed by atoms with Gasteiger partial charge in [0, 0.05) is 17.4 Å². The number of alkyl halides is 1. The van der Waals surface area contributed by atoms with Crippen LogP contribution in [-0.2, 0) is 0 Å². The Morgan fingerprint density at radius 2 is 2.25 bits per heavy atom. The summed E-state index contributed by atoms with van der Waals surface area (Å²) in [7, 11) is 0. The average molecular weight is 234 g/mol. The third-order valence-electron chi connectivity index (χ3n) is 3.01. The van der Waals surface area contributed by atoms with Crippen LogP contribution in [-0.4, -0.2) is 28.9 Å². The third kappa shape index (κ3) is 2.46. The van der Waals surface area contributed by atoms with E-state index in [2.05, 4.69) is 34.7 Å². The van der Waals surface area contributed by atoms with Crippen LogP contribution in [0.15, 0.2) is 0 Å². The molecule has 0 aromatic carbocycles. The van der Waals surface area contributed by atoms with Crippen molar-refractivity contribution in [2.45, 2.75) is 51.6 Å². The highest BCUT2D eigenvalue weighted by Gasteiger charge is 2.24. The lowest BCUT2D eigenvalue weighted by Gasteiger charge is -2.38. The summed E-state index contributed by atoms with van der Waals surface area (Å²) in [6.45, 7) is 5.94. The number of likely N-dealkylation sites (tertiary alicyclic amines) is 1. The lowest BCUT2D eigenvalue weighted by atomic mass is 10.0. The van der Waals surface area contributed by atoms with Gasteiger partial charge in [-0.2, -0.15) is 0 Å². The molecule has 0 aromatic heterocycles. The van der Waals surface area contributed by atoms with Gasteiger partial charge in [-0.15, -0.1) is 0 Å². The Labute approximate surface area is 84.6 Å². The number of halogens is 1. The Bertz CT molecular complexity index is 127. The molecule has 72 valence electrons. The zero-order valence-corrected chi connectivity index (χ0v) is 9.81. The number of piperidine rings is 1. The van der Waals surface area contributed by atoms with Crippen molar-refractivity contribution >= 4 is 15.9 Å². The molecule has 0 saturated carbocycles. The number of rotatable bonds is 3. The van der Waals surface area contributed by atoms with Crippen molar-refractivity contribution in [3.63, 3.8) is 0 Å². The first-order valence-electron chi connectivity index (χ1n) is 5.11. The Kier molecular flexibility index (Phi) is 4.59. The molecule has 2 heteroatoms. The first-order chi connectivity index (χ1) is 5.79. The van der Waals surface area contributed by atoms with Gasteiger partial charge in [0.1, 0.15) is 0 Å². The summed E-state index contributed by atoms with van der Waals surface area (Å²) in [5.41, 5.74) is 0. The molecule has 0 bridgehead atoms. The molecular formula is C10H20BrN. The second-order valence-electron chi connectivity index (χ2n) is 3.80. The molecule has 0 amide bonds. The Balaban J connectivity index is 2.46. The summed E-state index contributed by atoms with van der Waals surface area (Å²) in [5.74, 6) is 0. The molecule has 1 aliphatic rings. The van der Waals surface area contributed by atoms with Crippen LogP contribution in [0.2, 0.25) is 0 Å². The highest BCUT2D eigenvalue weighted by Crippen LogP contribution is 2.21. The van der Waals surface area contributed by atoms with Crippen LogP contribution in [0.5, 0.6) is 0 Å². The molecule has 0 radical (unpaired) electrons. The molecule has 0 spiro atoms. The van der Waals surface area contributed by atoms with Gasteiger partial charge in [0.15, 0.2) is 0 Å². The monoisotopic (exact) mass is 233 g/mol. The van der Waals surface area contributed by atoms with E-state index in [0.29, 0.717) is 0 Å². The van der Waals surface area contributed by atoms with Gasteiger partial charge in [0.25, 0.3) is 0 Å². The zero-order valence-electron chi connectivity index (χ0n) is 8.22. The van der Waals surface area contributed by atoms with E-state index in [0.717, 1.165) is 17.4 Å².